The van der Waals surface area contributed by atoms with E-state index in [1.165, 1.54) is 6.07 Å². The molecule has 19 heavy (non-hydrogen) atoms. The molecule has 2 N–H and O–H groups in total. The van der Waals surface area contributed by atoms with Crippen molar-refractivity contribution < 1.29 is 18.3 Å². The van der Waals surface area contributed by atoms with E-state index in [0.717, 1.165) is 0 Å². The molecule has 0 aliphatic rings. The Morgan fingerprint density at radius 1 is 1.42 bits per heavy atom. The third kappa shape index (κ3) is 4.58. The first-order chi connectivity index (χ1) is 8.90. The summed E-state index contributed by atoms with van der Waals surface area (Å²) >= 11 is 0. The lowest BCUT2D eigenvalue weighted by Crippen LogP contribution is -2.33. The van der Waals surface area contributed by atoms with Gasteiger partial charge in [0.25, 0.3) is 0 Å². The van der Waals surface area contributed by atoms with E-state index in [2.05, 4.69) is 4.72 Å². The molecule has 0 aliphatic heterocycles. The molecule has 0 saturated heterocycles. The number of ether oxygens (including phenoxy) is 1. The van der Waals surface area contributed by atoms with Crippen LogP contribution in [0.3, 0.4) is 0 Å². The van der Waals surface area contributed by atoms with Crippen molar-refractivity contribution in [2.45, 2.75) is 37.8 Å². The second-order valence-electron chi connectivity index (χ2n) is 4.56. The second-order valence-corrected chi connectivity index (χ2v) is 6.24. The van der Waals surface area contributed by atoms with E-state index in [9.17, 15) is 8.42 Å². The van der Waals surface area contributed by atoms with Crippen molar-refractivity contribution in [3.8, 4) is 0 Å². The van der Waals surface area contributed by atoms with Gasteiger partial charge in [-0.3, -0.25) is 0 Å². The number of hydrogen-bond donors (Lipinski definition) is 2. The lowest BCUT2D eigenvalue weighted by Gasteiger charge is -2.15. The smallest absolute Gasteiger partial charge is 0.241 e. The molecule has 0 amide bonds. The highest BCUT2D eigenvalue weighted by Crippen LogP contribution is 2.17. The van der Waals surface area contributed by atoms with Crippen LogP contribution >= 0.6 is 0 Å². The Morgan fingerprint density at radius 2 is 2.11 bits per heavy atom. The quantitative estimate of drug-likeness (QED) is 0.790. The van der Waals surface area contributed by atoms with Crippen molar-refractivity contribution in [1.82, 2.24) is 4.72 Å². The van der Waals surface area contributed by atoms with Gasteiger partial charge in [-0.05, 0) is 37.5 Å². The Labute approximate surface area is 114 Å². The zero-order valence-corrected chi connectivity index (χ0v) is 12.3. The van der Waals surface area contributed by atoms with Gasteiger partial charge in [-0.25, -0.2) is 13.1 Å². The minimum atomic E-state index is -3.57. The minimum absolute atomic E-state index is 0.179. The van der Waals surface area contributed by atoms with Crippen molar-refractivity contribution in [3.63, 3.8) is 0 Å². The molecule has 1 aromatic rings. The molecular formula is C13H21NO4S. The number of aryl methyl sites for hydroxylation is 1. The summed E-state index contributed by atoms with van der Waals surface area (Å²) < 4.78 is 32.1. The lowest BCUT2D eigenvalue weighted by molar-refractivity contribution is 0.188. The number of nitrogens with one attached hydrogen (secondary N) is 1. The van der Waals surface area contributed by atoms with Crippen molar-refractivity contribution in [1.29, 1.82) is 0 Å². The van der Waals surface area contributed by atoms with Crippen LogP contribution in [0.4, 0.5) is 0 Å². The maximum atomic E-state index is 12.3. The number of rotatable bonds is 7. The fourth-order valence-electron chi connectivity index (χ4n) is 1.71. The molecule has 5 nitrogen and oxygen atoms in total. The Kier molecular flexibility index (Phi) is 5.93. The highest BCUT2D eigenvalue weighted by Gasteiger charge is 2.19. The molecule has 1 aromatic carbocycles. The maximum Gasteiger partial charge on any atom is 0.241 e. The van der Waals surface area contributed by atoms with Crippen LogP contribution in [0.5, 0.6) is 0 Å². The minimum Gasteiger partial charge on any atom is -0.392 e. The second kappa shape index (κ2) is 7.00. The molecule has 1 atom stereocenters. The average Bonchev–Trinajstić information content (AvgIpc) is 2.36. The summed E-state index contributed by atoms with van der Waals surface area (Å²) in [6.07, 6.45) is 0.606. The van der Waals surface area contributed by atoms with Crippen molar-refractivity contribution in [2.24, 2.45) is 0 Å². The molecular weight excluding hydrogens is 266 g/mol. The van der Waals surface area contributed by atoms with Crippen LogP contribution in [0.2, 0.25) is 0 Å². The van der Waals surface area contributed by atoms with Gasteiger partial charge < -0.3 is 9.84 Å². The van der Waals surface area contributed by atoms with Gasteiger partial charge in [0.15, 0.2) is 0 Å². The van der Waals surface area contributed by atoms with E-state index in [-0.39, 0.29) is 17.5 Å². The predicted octanol–water partition coefficient (Wildman–Crippen LogP) is 1.19. The van der Waals surface area contributed by atoms with Crippen LogP contribution in [-0.4, -0.2) is 33.3 Å². The van der Waals surface area contributed by atoms with E-state index in [1.807, 2.05) is 0 Å². The van der Waals surface area contributed by atoms with E-state index in [1.54, 1.807) is 33.1 Å². The summed E-state index contributed by atoms with van der Waals surface area (Å²) in [6.45, 7) is 3.85. The highest BCUT2D eigenvalue weighted by molar-refractivity contribution is 7.89. The van der Waals surface area contributed by atoms with Gasteiger partial charge in [0.05, 0.1) is 11.5 Å². The topological polar surface area (TPSA) is 75.6 Å². The number of aliphatic hydroxyl groups is 1. The largest absolute Gasteiger partial charge is 0.392 e. The summed E-state index contributed by atoms with van der Waals surface area (Å²) in [7, 11) is -1.99. The number of aliphatic hydroxyl groups excluding tert-OH is 1. The molecule has 6 heteroatoms. The van der Waals surface area contributed by atoms with Gasteiger partial charge in [-0.15, -0.1) is 0 Å². The monoisotopic (exact) mass is 287 g/mol. The molecule has 0 aliphatic carbocycles. The van der Waals surface area contributed by atoms with Crippen molar-refractivity contribution >= 4 is 10.0 Å². The summed E-state index contributed by atoms with van der Waals surface area (Å²) in [5, 5.41) is 9.08. The SMILES string of the molecule is COCCC(C)NS(=O)(=O)c1cc(CO)ccc1C. The zero-order valence-electron chi connectivity index (χ0n) is 11.5. The van der Waals surface area contributed by atoms with Crippen LogP contribution in [0.15, 0.2) is 23.1 Å². The van der Waals surface area contributed by atoms with Crippen molar-refractivity contribution in [2.75, 3.05) is 13.7 Å². The van der Waals surface area contributed by atoms with E-state index < -0.39 is 10.0 Å². The first-order valence-corrected chi connectivity index (χ1v) is 7.60. The molecule has 1 rings (SSSR count). The van der Waals surface area contributed by atoms with Gasteiger partial charge in [-0.1, -0.05) is 12.1 Å². The fourth-order valence-corrected chi connectivity index (χ4v) is 3.29. The first kappa shape index (κ1) is 16.1. The van der Waals surface area contributed by atoms with Gasteiger partial charge in [-0.2, -0.15) is 0 Å². The third-order valence-electron chi connectivity index (χ3n) is 2.84. The van der Waals surface area contributed by atoms with Gasteiger partial charge in [0, 0.05) is 19.8 Å². The molecule has 0 radical (unpaired) electrons. The van der Waals surface area contributed by atoms with E-state index >= 15 is 0 Å². The molecule has 0 spiro atoms. The summed E-state index contributed by atoms with van der Waals surface area (Å²) in [4.78, 5) is 0.211. The van der Waals surface area contributed by atoms with Crippen molar-refractivity contribution in [3.05, 3.63) is 29.3 Å². The molecule has 1 unspecified atom stereocenters. The highest BCUT2D eigenvalue weighted by atomic mass is 32.2. The first-order valence-electron chi connectivity index (χ1n) is 6.12. The number of benzene rings is 1. The summed E-state index contributed by atoms with van der Waals surface area (Å²) in [5.74, 6) is 0. The number of hydrogen-bond acceptors (Lipinski definition) is 4. The number of methoxy groups -OCH3 is 1. The van der Waals surface area contributed by atoms with Gasteiger partial charge >= 0.3 is 0 Å². The van der Waals surface area contributed by atoms with Gasteiger partial charge in [0.1, 0.15) is 0 Å². The van der Waals surface area contributed by atoms with Gasteiger partial charge in [0.2, 0.25) is 10.0 Å². The average molecular weight is 287 g/mol. The maximum absolute atomic E-state index is 12.3. The third-order valence-corrected chi connectivity index (χ3v) is 4.57. The standard InChI is InChI=1S/C13H21NO4S/c1-10-4-5-12(9-15)8-13(10)19(16,17)14-11(2)6-7-18-3/h4-5,8,11,14-15H,6-7,9H2,1-3H3. The predicted molar refractivity (Wildman–Crippen MR) is 73.4 cm³/mol. The Bertz CT molecular complexity index is 513. The van der Waals surface area contributed by atoms with Crippen LogP contribution in [-0.2, 0) is 21.4 Å². The lowest BCUT2D eigenvalue weighted by atomic mass is 10.2. The van der Waals surface area contributed by atoms with Crippen LogP contribution in [0.25, 0.3) is 0 Å². The molecule has 0 fully saturated rings. The molecule has 0 bridgehead atoms. The Hall–Kier alpha value is -0.950. The number of sulfonamides is 1. The molecule has 0 saturated carbocycles. The van der Waals surface area contributed by atoms with Crippen LogP contribution < -0.4 is 4.72 Å². The Balaban J connectivity index is 2.93. The van der Waals surface area contributed by atoms with Crippen LogP contribution in [0, 0.1) is 6.92 Å². The van der Waals surface area contributed by atoms with E-state index in [4.69, 9.17) is 9.84 Å². The normalized spacial score (nSPS) is 13.5. The summed E-state index contributed by atoms with van der Waals surface area (Å²) in [5.41, 5.74) is 1.24. The fraction of sp³-hybridized carbons (Fsp3) is 0.538. The van der Waals surface area contributed by atoms with Crippen LogP contribution in [0.1, 0.15) is 24.5 Å². The molecule has 108 valence electrons. The zero-order chi connectivity index (χ0) is 14.5. The Morgan fingerprint density at radius 3 is 2.68 bits per heavy atom. The summed E-state index contributed by atoms with van der Waals surface area (Å²) in [6, 6.07) is 4.70. The molecule has 0 heterocycles. The molecule has 0 aromatic heterocycles. The van der Waals surface area contributed by atoms with E-state index in [0.29, 0.717) is 24.2 Å².